The number of rotatable bonds is 6. The van der Waals surface area contributed by atoms with Crippen LogP contribution in [0.4, 0.5) is 0 Å². The Labute approximate surface area is 116 Å². The highest BCUT2D eigenvalue weighted by atomic mass is 35.5. The zero-order chi connectivity index (χ0) is 12.7. The first-order valence-corrected chi connectivity index (χ1v) is 6.08. The quantitative estimate of drug-likeness (QED) is 0.833. The van der Waals surface area contributed by atoms with Crippen molar-refractivity contribution in [2.75, 3.05) is 6.54 Å². The lowest BCUT2D eigenvalue weighted by atomic mass is 10.0. The molecule has 18 heavy (non-hydrogen) atoms. The number of carbonyl (C=O) groups is 1. The smallest absolute Gasteiger partial charge is 0.220 e. The molecule has 0 saturated heterocycles. The summed E-state index contributed by atoms with van der Waals surface area (Å²) in [6, 6.07) is 10.2. The molecule has 1 rings (SSSR count). The molecular weight excluding hydrogens is 248 g/mol. The third-order valence-corrected chi connectivity index (χ3v) is 2.70. The van der Waals surface area contributed by atoms with Crippen LogP contribution in [0.2, 0.25) is 0 Å². The van der Waals surface area contributed by atoms with Gasteiger partial charge in [0.2, 0.25) is 5.91 Å². The largest absolute Gasteiger partial charge is 0.350 e. The maximum Gasteiger partial charge on any atom is 0.220 e. The molecule has 0 unspecified atom stereocenters. The summed E-state index contributed by atoms with van der Waals surface area (Å²) in [5.41, 5.74) is 6.53. The summed E-state index contributed by atoms with van der Waals surface area (Å²) < 4.78 is 0. The van der Waals surface area contributed by atoms with Crippen molar-refractivity contribution in [3.05, 3.63) is 35.9 Å². The van der Waals surface area contributed by atoms with Gasteiger partial charge in [-0.1, -0.05) is 30.3 Å². The maximum atomic E-state index is 11.6. The monoisotopic (exact) mass is 270 g/mol. The molecule has 0 aliphatic rings. The van der Waals surface area contributed by atoms with E-state index >= 15 is 0 Å². The molecule has 1 amide bonds. The van der Waals surface area contributed by atoms with Gasteiger partial charge in [-0.15, -0.1) is 12.4 Å². The fraction of sp³-hybridized carbons (Fsp3) is 0.500. The van der Waals surface area contributed by atoms with Crippen LogP contribution in [0.1, 0.15) is 32.3 Å². The van der Waals surface area contributed by atoms with E-state index in [0.29, 0.717) is 13.0 Å². The normalized spacial score (nSPS) is 10.6. The van der Waals surface area contributed by atoms with Crippen molar-refractivity contribution in [1.29, 1.82) is 0 Å². The number of benzene rings is 1. The van der Waals surface area contributed by atoms with Crippen LogP contribution >= 0.6 is 12.4 Å². The van der Waals surface area contributed by atoms with E-state index in [1.54, 1.807) is 0 Å². The van der Waals surface area contributed by atoms with Crippen molar-refractivity contribution < 1.29 is 4.79 Å². The molecule has 0 spiro atoms. The Bertz CT molecular complexity index is 352. The number of nitrogens with two attached hydrogens (primary N) is 1. The van der Waals surface area contributed by atoms with E-state index in [0.717, 1.165) is 12.8 Å². The Morgan fingerprint density at radius 2 is 1.89 bits per heavy atom. The number of hydrogen-bond acceptors (Lipinski definition) is 2. The van der Waals surface area contributed by atoms with Crippen molar-refractivity contribution in [2.45, 2.75) is 38.6 Å². The molecule has 0 aliphatic carbocycles. The summed E-state index contributed by atoms with van der Waals surface area (Å²) in [4.78, 5) is 11.6. The van der Waals surface area contributed by atoms with Gasteiger partial charge in [-0.05, 0) is 32.3 Å². The van der Waals surface area contributed by atoms with Crippen molar-refractivity contribution in [2.24, 2.45) is 5.73 Å². The van der Waals surface area contributed by atoms with Crippen molar-refractivity contribution >= 4 is 18.3 Å². The number of amides is 1. The number of hydrogen-bond donors (Lipinski definition) is 2. The Hall–Kier alpha value is -1.06. The predicted octanol–water partition coefficient (Wildman–Crippen LogP) is 2.28. The topological polar surface area (TPSA) is 55.1 Å². The first kappa shape index (κ1) is 16.9. The average Bonchev–Trinajstić information content (AvgIpc) is 2.30. The summed E-state index contributed by atoms with van der Waals surface area (Å²) in [6.45, 7) is 4.32. The highest BCUT2D eigenvalue weighted by Gasteiger charge is 2.17. The lowest BCUT2D eigenvalue weighted by Crippen LogP contribution is -2.48. The molecular formula is C14H23ClN2O. The van der Waals surface area contributed by atoms with Crippen molar-refractivity contribution in [3.63, 3.8) is 0 Å². The fourth-order valence-corrected chi connectivity index (χ4v) is 1.59. The van der Waals surface area contributed by atoms with E-state index < -0.39 is 0 Å². The van der Waals surface area contributed by atoms with Crippen molar-refractivity contribution in [3.8, 4) is 0 Å². The van der Waals surface area contributed by atoms with E-state index in [-0.39, 0.29) is 23.9 Å². The maximum absolute atomic E-state index is 11.6. The molecule has 0 saturated carbocycles. The van der Waals surface area contributed by atoms with E-state index in [1.165, 1.54) is 5.56 Å². The molecule has 0 atom stereocenters. The number of nitrogens with one attached hydrogen (secondary N) is 1. The summed E-state index contributed by atoms with van der Waals surface area (Å²) in [7, 11) is 0. The summed E-state index contributed by atoms with van der Waals surface area (Å²) >= 11 is 0. The molecule has 0 bridgehead atoms. The first-order chi connectivity index (χ1) is 8.03. The Balaban J connectivity index is 0.00000289. The Kier molecular flexibility index (Phi) is 7.64. The van der Waals surface area contributed by atoms with Gasteiger partial charge >= 0.3 is 0 Å². The first-order valence-electron chi connectivity index (χ1n) is 6.08. The van der Waals surface area contributed by atoms with Gasteiger partial charge in [0.1, 0.15) is 0 Å². The predicted molar refractivity (Wildman–Crippen MR) is 77.9 cm³/mol. The van der Waals surface area contributed by atoms with E-state index in [4.69, 9.17) is 5.73 Å². The van der Waals surface area contributed by atoms with Crippen LogP contribution in [0.3, 0.4) is 0 Å². The molecule has 0 radical (unpaired) electrons. The molecule has 0 aliphatic heterocycles. The lowest BCUT2D eigenvalue weighted by molar-refractivity contribution is -0.122. The molecule has 4 heteroatoms. The van der Waals surface area contributed by atoms with Crippen LogP contribution in [0, 0.1) is 0 Å². The highest BCUT2D eigenvalue weighted by Crippen LogP contribution is 2.05. The minimum atomic E-state index is -0.302. The molecule has 1 aromatic carbocycles. The number of aryl methyl sites for hydroxylation is 1. The van der Waals surface area contributed by atoms with Crippen LogP contribution in [-0.2, 0) is 11.2 Å². The molecule has 102 valence electrons. The fourth-order valence-electron chi connectivity index (χ4n) is 1.59. The molecule has 0 aromatic heterocycles. The van der Waals surface area contributed by atoms with Crippen LogP contribution in [0.5, 0.6) is 0 Å². The Morgan fingerprint density at radius 1 is 1.28 bits per heavy atom. The van der Waals surface area contributed by atoms with Crippen LogP contribution in [-0.4, -0.2) is 18.0 Å². The second-order valence-corrected chi connectivity index (χ2v) is 4.98. The standard InChI is InChI=1S/C14H22N2O.ClH/c1-14(2,11-15)16-13(17)10-6-9-12-7-4-3-5-8-12;/h3-5,7-8H,6,9-11,15H2,1-2H3,(H,16,17);1H. The van der Waals surface area contributed by atoms with Crippen molar-refractivity contribution in [1.82, 2.24) is 5.32 Å². The molecule has 0 fully saturated rings. The van der Waals surface area contributed by atoms with E-state index in [2.05, 4.69) is 17.4 Å². The third kappa shape index (κ3) is 6.62. The van der Waals surface area contributed by atoms with Gasteiger partial charge in [-0.2, -0.15) is 0 Å². The zero-order valence-electron chi connectivity index (χ0n) is 11.1. The minimum absolute atomic E-state index is 0. The molecule has 0 heterocycles. The molecule has 3 N–H and O–H groups in total. The van der Waals surface area contributed by atoms with Gasteiger partial charge in [0, 0.05) is 18.5 Å². The van der Waals surface area contributed by atoms with Gasteiger partial charge in [0.05, 0.1) is 0 Å². The molecule has 1 aromatic rings. The minimum Gasteiger partial charge on any atom is -0.350 e. The number of carbonyl (C=O) groups excluding carboxylic acids is 1. The van der Waals surface area contributed by atoms with Crippen LogP contribution in [0.15, 0.2) is 30.3 Å². The summed E-state index contributed by atoms with van der Waals surface area (Å²) in [5, 5.41) is 2.93. The van der Waals surface area contributed by atoms with Crippen LogP contribution < -0.4 is 11.1 Å². The number of halogens is 1. The van der Waals surface area contributed by atoms with Gasteiger partial charge in [-0.25, -0.2) is 0 Å². The van der Waals surface area contributed by atoms with Crippen LogP contribution in [0.25, 0.3) is 0 Å². The average molecular weight is 271 g/mol. The third-order valence-electron chi connectivity index (χ3n) is 2.70. The lowest BCUT2D eigenvalue weighted by Gasteiger charge is -2.24. The van der Waals surface area contributed by atoms with E-state index in [1.807, 2.05) is 32.0 Å². The van der Waals surface area contributed by atoms with E-state index in [9.17, 15) is 4.79 Å². The van der Waals surface area contributed by atoms with Gasteiger partial charge in [0.25, 0.3) is 0 Å². The molecule has 3 nitrogen and oxygen atoms in total. The zero-order valence-corrected chi connectivity index (χ0v) is 11.9. The second kappa shape index (κ2) is 8.11. The highest BCUT2D eigenvalue weighted by molar-refractivity contribution is 5.85. The summed E-state index contributed by atoms with van der Waals surface area (Å²) in [6.07, 6.45) is 2.37. The second-order valence-electron chi connectivity index (χ2n) is 4.98. The summed E-state index contributed by atoms with van der Waals surface area (Å²) in [5.74, 6) is 0.0800. The Morgan fingerprint density at radius 3 is 2.44 bits per heavy atom. The SMILES string of the molecule is CC(C)(CN)NC(=O)CCCc1ccccc1.Cl. The van der Waals surface area contributed by atoms with Gasteiger partial charge in [-0.3, -0.25) is 4.79 Å². The van der Waals surface area contributed by atoms with Gasteiger partial charge in [0.15, 0.2) is 0 Å². The van der Waals surface area contributed by atoms with Gasteiger partial charge < -0.3 is 11.1 Å².